The average Bonchev–Trinajstić information content (AvgIpc) is 2.21. The molecule has 0 bridgehead atoms. The van der Waals surface area contributed by atoms with E-state index in [1.165, 1.54) is 11.8 Å². The Morgan fingerprint density at radius 2 is 2.27 bits per heavy atom. The molecule has 1 rings (SSSR count). The molecular formula is C9H11ClN2O2S. The first-order valence-corrected chi connectivity index (χ1v) is 5.63. The first-order chi connectivity index (χ1) is 7.24. The van der Waals surface area contributed by atoms with Gasteiger partial charge in [-0.25, -0.2) is 5.84 Å². The molecule has 0 amide bonds. The number of hydrogen-bond donors (Lipinski definition) is 2. The number of thioether (sulfide) groups is 1. The third-order valence-electron chi connectivity index (χ3n) is 1.57. The Kier molecular flexibility index (Phi) is 5.49. The van der Waals surface area contributed by atoms with Crippen LogP contribution in [0.4, 0.5) is 0 Å². The van der Waals surface area contributed by atoms with Crippen LogP contribution in [0.25, 0.3) is 0 Å². The van der Waals surface area contributed by atoms with E-state index in [4.69, 9.17) is 17.4 Å². The van der Waals surface area contributed by atoms with Gasteiger partial charge in [-0.3, -0.25) is 4.79 Å². The van der Waals surface area contributed by atoms with Crippen molar-refractivity contribution in [1.82, 2.24) is 5.59 Å². The summed E-state index contributed by atoms with van der Waals surface area (Å²) in [4.78, 5) is 16.2. The molecule has 0 saturated carbocycles. The normalized spacial score (nSPS) is 10.0. The van der Waals surface area contributed by atoms with Crippen LogP contribution in [0.5, 0.6) is 0 Å². The number of rotatable bonds is 5. The Hall–Kier alpha value is -0.750. The maximum atomic E-state index is 10.9. The Morgan fingerprint density at radius 3 is 2.93 bits per heavy atom. The second-order valence-electron chi connectivity index (χ2n) is 2.62. The Morgan fingerprint density at radius 1 is 1.53 bits per heavy atom. The summed E-state index contributed by atoms with van der Waals surface area (Å²) in [6.07, 6.45) is 0.278. The van der Waals surface area contributed by atoms with Crippen molar-refractivity contribution >= 4 is 29.3 Å². The summed E-state index contributed by atoms with van der Waals surface area (Å²) < 4.78 is 0. The maximum Gasteiger partial charge on any atom is 0.327 e. The van der Waals surface area contributed by atoms with Crippen molar-refractivity contribution in [3.8, 4) is 0 Å². The molecule has 0 atom stereocenters. The molecule has 0 aromatic heterocycles. The summed E-state index contributed by atoms with van der Waals surface area (Å²) in [5.41, 5.74) is 1.84. The number of benzene rings is 1. The van der Waals surface area contributed by atoms with Crippen molar-refractivity contribution in [2.45, 2.75) is 11.3 Å². The average molecular weight is 247 g/mol. The van der Waals surface area contributed by atoms with E-state index in [1.54, 1.807) is 0 Å². The minimum absolute atomic E-state index is 0.278. The van der Waals surface area contributed by atoms with Crippen molar-refractivity contribution in [1.29, 1.82) is 0 Å². The van der Waals surface area contributed by atoms with E-state index in [1.807, 2.05) is 29.9 Å². The minimum Gasteiger partial charge on any atom is -0.356 e. The maximum absolute atomic E-state index is 10.9. The van der Waals surface area contributed by atoms with Crippen molar-refractivity contribution < 1.29 is 9.63 Å². The molecule has 0 aliphatic heterocycles. The van der Waals surface area contributed by atoms with Crippen LogP contribution >= 0.6 is 23.4 Å². The summed E-state index contributed by atoms with van der Waals surface area (Å²) in [5, 5.41) is 0.688. The van der Waals surface area contributed by atoms with Crippen molar-refractivity contribution in [3.05, 3.63) is 29.3 Å². The number of halogens is 1. The van der Waals surface area contributed by atoms with Gasteiger partial charge in [-0.05, 0) is 12.1 Å². The van der Waals surface area contributed by atoms with Crippen LogP contribution in [0.1, 0.15) is 6.42 Å². The van der Waals surface area contributed by atoms with Crippen LogP contribution in [0.15, 0.2) is 29.2 Å². The monoisotopic (exact) mass is 246 g/mol. The van der Waals surface area contributed by atoms with E-state index in [9.17, 15) is 4.79 Å². The van der Waals surface area contributed by atoms with Gasteiger partial charge in [0.2, 0.25) is 0 Å². The quantitative estimate of drug-likeness (QED) is 0.471. The summed E-state index contributed by atoms with van der Waals surface area (Å²) in [6, 6.07) is 7.47. The number of nitrogens with two attached hydrogens (primary N) is 1. The van der Waals surface area contributed by atoms with Crippen molar-refractivity contribution in [2.24, 2.45) is 5.84 Å². The van der Waals surface area contributed by atoms with Gasteiger partial charge in [0.1, 0.15) is 0 Å². The van der Waals surface area contributed by atoms with E-state index < -0.39 is 5.97 Å². The van der Waals surface area contributed by atoms with Gasteiger partial charge in [0, 0.05) is 10.6 Å². The van der Waals surface area contributed by atoms with Gasteiger partial charge in [0.05, 0.1) is 11.4 Å². The predicted octanol–water partition coefficient (Wildman–Crippen LogP) is 1.74. The zero-order valence-electron chi connectivity index (χ0n) is 7.90. The van der Waals surface area contributed by atoms with E-state index in [0.29, 0.717) is 10.8 Å². The molecule has 0 aliphatic rings. The van der Waals surface area contributed by atoms with E-state index in [0.717, 1.165) is 4.90 Å². The van der Waals surface area contributed by atoms with Gasteiger partial charge < -0.3 is 4.84 Å². The van der Waals surface area contributed by atoms with Gasteiger partial charge in [0.15, 0.2) is 0 Å². The fraction of sp³-hybridized carbons (Fsp3) is 0.222. The van der Waals surface area contributed by atoms with E-state index in [2.05, 4.69) is 4.84 Å². The molecule has 0 spiro atoms. The predicted molar refractivity (Wildman–Crippen MR) is 60.2 cm³/mol. The second kappa shape index (κ2) is 6.68. The van der Waals surface area contributed by atoms with Gasteiger partial charge in [0.25, 0.3) is 0 Å². The second-order valence-corrected chi connectivity index (χ2v) is 4.16. The number of nitrogens with one attached hydrogen (secondary N) is 1. The van der Waals surface area contributed by atoms with Gasteiger partial charge in [-0.2, -0.15) is 0 Å². The Labute approximate surface area is 97.0 Å². The zero-order chi connectivity index (χ0) is 11.1. The highest BCUT2D eigenvalue weighted by Gasteiger charge is 2.04. The summed E-state index contributed by atoms with van der Waals surface area (Å²) in [5.74, 6) is 5.03. The minimum atomic E-state index is -0.392. The fourth-order valence-electron chi connectivity index (χ4n) is 0.923. The number of hydrogen-bond acceptors (Lipinski definition) is 5. The molecule has 6 heteroatoms. The molecule has 0 heterocycles. The standard InChI is InChI=1S/C9H11ClN2O2S/c10-7-3-1-2-4-8(7)15-6-5-9(13)14-12-11/h1-4,12H,5-6,11H2. The molecule has 0 radical (unpaired) electrons. The van der Waals surface area contributed by atoms with Crippen LogP contribution in [-0.4, -0.2) is 11.7 Å². The highest BCUT2D eigenvalue weighted by Crippen LogP contribution is 2.26. The first-order valence-electron chi connectivity index (χ1n) is 4.26. The van der Waals surface area contributed by atoms with Crippen LogP contribution in [0.2, 0.25) is 5.02 Å². The molecule has 82 valence electrons. The van der Waals surface area contributed by atoms with Gasteiger partial charge in [-0.15, -0.1) is 11.8 Å². The van der Waals surface area contributed by atoms with Gasteiger partial charge in [-0.1, -0.05) is 29.3 Å². The highest BCUT2D eigenvalue weighted by atomic mass is 35.5. The fourth-order valence-corrected chi connectivity index (χ4v) is 2.09. The van der Waals surface area contributed by atoms with Crippen LogP contribution in [0, 0.1) is 0 Å². The van der Waals surface area contributed by atoms with Crippen LogP contribution in [-0.2, 0) is 9.63 Å². The first kappa shape index (κ1) is 12.3. The van der Waals surface area contributed by atoms with Crippen molar-refractivity contribution in [3.63, 3.8) is 0 Å². The molecule has 0 saturated heterocycles. The molecule has 4 nitrogen and oxygen atoms in total. The number of carbonyl (C=O) groups is 1. The Bertz CT molecular complexity index is 336. The largest absolute Gasteiger partial charge is 0.356 e. The topological polar surface area (TPSA) is 64.3 Å². The third-order valence-corrected chi connectivity index (χ3v) is 3.09. The molecule has 0 aliphatic carbocycles. The lowest BCUT2D eigenvalue weighted by atomic mass is 10.4. The molecule has 0 unspecified atom stereocenters. The third kappa shape index (κ3) is 4.53. The molecule has 0 fully saturated rings. The van der Waals surface area contributed by atoms with Crippen LogP contribution < -0.4 is 11.4 Å². The van der Waals surface area contributed by atoms with E-state index in [-0.39, 0.29) is 6.42 Å². The highest BCUT2D eigenvalue weighted by molar-refractivity contribution is 7.99. The molecule has 3 N–H and O–H groups in total. The van der Waals surface area contributed by atoms with Crippen molar-refractivity contribution in [2.75, 3.05) is 5.75 Å². The van der Waals surface area contributed by atoms with Crippen LogP contribution in [0.3, 0.4) is 0 Å². The lowest BCUT2D eigenvalue weighted by Gasteiger charge is -2.03. The number of carbonyl (C=O) groups excluding carboxylic acids is 1. The van der Waals surface area contributed by atoms with Gasteiger partial charge >= 0.3 is 5.97 Å². The summed E-state index contributed by atoms with van der Waals surface area (Å²) in [6.45, 7) is 0. The summed E-state index contributed by atoms with van der Waals surface area (Å²) >= 11 is 7.43. The zero-order valence-corrected chi connectivity index (χ0v) is 9.48. The Balaban J connectivity index is 2.32. The number of hydrazine groups is 1. The molecular weight excluding hydrogens is 236 g/mol. The smallest absolute Gasteiger partial charge is 0.327 e. The molecule has 15 heavy (non-hydrogen) atoms. The lowest BCUT2D eigenvalue weighted by Crippen LogP contribution is -2.26. The SMILES string of the molecule is NNOC(=O)CCSc1ccccc1Cl. The molecule has 1 aromatic carbocycles. The summed E-state index contributed by atoms with van der Waals surface area (Å²) in [7, 11) is 0. The molecule has 1 aromatic rings. The lowest BCUT2D eigenvalue weighted by molar-refractivity contribution is -0.150. The van der Waals surface area contributed by atoms with E-state index >= 15 is 0 Å².